The zero-order valence-electron chi connectivity index (χ0n) is 13.6. The predicted molar refractivity (Wildman–Crippen MR) is 94.0 cm³/mol. The van der Waals surface area contributed by atoms with Crippen LogP contribution >= 0.6 is 11.3 Å². The van der Waals surface area contributed by atoms with Crippen LogP contribution in [0.1, 0.15) is 47.0 Å². The lowest BCUT2D eigenvalue weighted by atomic mass is 9.88. The van der Waals surface area contributed by atoms with Gasteiger partial charge in [0.05, 0.1) is 17.1 Å². The van der Waals surface area contributed by atoms with E-state index in [0.29, 0.717) is 22.9 Å². The number of nitrogens with two attached hydrogens (primary N) is 1. The molecule has 1 aromatic heterocycles. The molecule has 2 atom stereocenters. The molecule has 1 aliphatic heterocycles. The van der Waals surface area contributed by atoms with Crippen molar-refractivity contribution in [2.45, 2.75) is 39.0 Å². The Labute approximate surface area is 145 Å². The van der Waals surface area contributed by atoms with E-state index in [-0.39, 0.29) is 29.8 Å². The summed E-state index contributed by atoms with van der Waals surface area (Å²) in [5.74, 6) is -0.109. The topological polar surface area (TPSA) is 106 Å². The van der Waals surface area contributed by atoms with Gasteiger partial charge in [0.25, 0.3) is 5.91 Å². The predicted octanol–water partition coefficient (Wildman–Crippen LogP) is 1.74. The van der Waals surface area contributed by atoms with Gasteiger partial charge in [0.15, 0.2) is 9.84 Å². The molecule has 1 saturated heterocycles. The molecule has 0 radical (unpaired) electrons. The van der Waals surface area contributed by atoms with Gasteiger partial charge in [0.2, 0.25) is 5.91 Å². The molecule has 8 heteroatoms. The average molecular weight is 370 g/mol. The van der Waals surface area contributed by atoms with Gasteiger partial charge in [-0.3, -0.25) is 9.59 Å². The van der Waals surface area contributed by atoms with E-state index < -0.39 is 15.7 Å². The van der Waals surface area contributed by atoms with Crippen molar-refractivity contribution in [1.29, 1.82) is 0 Å². The Morgan fingerprint density at radius 1 is 1.33 bits per heavy atom. The summed E-state index contributed by atoms with van der Waals surface area (Å²) in [4.78, 5) is 25.3. The Hall–Kier alpha value is -1.41. The first-order chi connectivity index (χ1) is 11.2. The molecule has 1 aromatic rings. The first-order valence-electron chi connectivity index (χ1n) is 8.20. The van der Waals surface area contributed by atoms with E-state index >= 15 is 0 Å². The quantitative estimate of drug-likeness (QED) is 0.842. The maximum Gasteiger partial charge on any atom is 0.251 e. The number of rotatable bonds is 4. The number of thiophene rings is 1. The number of carbonyl (C=O) groups excluding carboxylic acids is 2. The number of primary amides is 1. The van der Waals surface area contributed by atoms with E-state index in [1.807, 2.05) is 0 Å². The zero-order chi connectivity index (χ0) is 17.5. The third-order valence-electron chi connectivity index (χ3n) is 4.81. The fourth-order valence-corrected chi connectivity index (χ4v) is 6.87. The maximum atomic E-state index is 12.3. The molecule has 0 bridgehead atoms. The van der Waals surface area contributed by atoms with Crippen LogP contribution < -0.4 is 11.1 Å². The Balaban J connectivity index is 1.75. The molecule has 1 aliphatic carbocycles. The molecule has 1 fully saturated rings. The van der Waals surface area contributed by atoms with Crippen LogP contribution in [0, 0.1) is 11.8 Å². The standard InChI is InChI=1S/C16H22N2O4S2/c1-9-2-3-11-12(6-9)23-16(14(11)15(17)20)18-13(19)7-10-4-5-24(21,22)8-10/h9-10H,2-8H2,1H3,(H2,17,20)(H,18,19)/t9-,10-/m1/s1. The Morgan fingerprint density at radius 2 is 2.08 bits per heavy atom. The van der Waals surface area contributed by atoms with Crippen molar-refractivity contribution in [3.05, 3.63) is 16.0 Å². The highest BCUT2D eigenvalue weighted by Crippen LogP contribution is 2.39. The van der Waals surface area contributed by atoms with Crippen LogP contribution in [0.5, 0.6) is 0 Å². The lowest BCUT2D eigenvalue weighted by Gasteiger charge is -2.18. The van der Waals surface area contributed by atoms with Crippen LogP contribution in [-0.4, -0.2) is 31.7 Å². The normalized spacial score (nSPS) is 25.2. The number of anilines is 1. The number of hydrogen-bond donors (Lipinski definition) is 2. The molecule has 132 valence electrons. The van der Waals surface area contributed by atoms with E-state index in [2.05, 4.69) is 12.2 Å². The van der Waals surface area contributed by atoms with Gasteiger partial charge in [-0.2, -0.15) is 0 Å². The van der Waals surface area contributed by atoms with E-state index in [1.165, 1.54) is 11.3 Å². The number of fused-ring (bicyclic) bond motifs is 1. The van der Waals surface area contributed by atoms with Crippen molar-refractivity contribution in [3.8, 4) is 0 Å². The van der Waals surface area contributed by atoms with Crippen molar-refractivity contribution in [2.75, 3.05) is 16.8 Å². The number of amides is 2. The molecule has 0 unspecified atom stereocenters. The lowest BCUT2D eigenvalue weighted by molar-refractivity contribution is -0.116. The van der Waals surface area contributed by atoms with E-state index in [0.717, 1.165) is 29.7 Å². The molecule has 6 nitrogen and oxygen atoms in total. The highest BCUT2D eigenvalue weighted by Gasteiger charge is 2.31. The molecule has 3 rings (SSSR count). The number of hydrogen-bond acceptors (Lipinski definition) is 5. The molecule has 3 N–H and O–H groups in total. The fourth-order valence-electron chi connectivity index (χ4n) is 3.57. The Bertz CT molecular complexity index is 782. The van der Waals surface area contributed by atoms with Crippen LogP contribution in [0.2, 0.25) is 0 Å². The zero-order valence-corrected chi connectivity index (χ0v) is 15.3. The largest absolute Gasteiger partial charge is 0.365 e. The highest BCUT2D eigenvalue weighted by atomic mass is 32.2. The van der Waals surface area contributed by atoms with Crippen molar-refractivity contribution < 1.29 is 18.0 Å². The smallest absolute Gasteiger partial charge is 0.251 e. The molecular formula is C16H22N2O4S2. The number of nitrogens with one attached hydrogen (secondary N) is 1. The lowest BCUT2D eigenvalue weighted by Crippen LogP contribution is -2.21. The van der Waals surface area contributed by atoms with Gasteiger partial charge in [-0.1, -0.05) is 6.92 Å². The summed E-state index contributed by atoms with van der Waals surface area (Å²) in [6.07, 6.45) is 3.41. The second-order valence-corrected chi connectivity index (χ2v) is 10.3. The van der Waals surface area contributed by atoms with Gasteiger partial charge in [-0.15, -0.1) is 11.3 Å². The molecule has 2 aliphatic rings. The van der Waals surface area contributed by atoms with E-state index in [1.54, 1.807) is 0 Å². The van der Waals surface area contributed by atoms with E-state index in [4.69, 9.17) is 5.73 Å². The molecule has 2 amide bonds. The molecule has 2 heterocycles. The van der Waals surface area contributed by atoms with E-state index in [9.17, 15) is 18.0 Å². The minimum atomic E-state index is -3.00. The second-order valence-electron chi connectivity index (χ2n) is 6.94. The summed E-state index contributed by atoms with van der Waals surface area (Å²) in [5, 5.41) is 3.32. The SMILES string of the molecule is C[C@@H]1CCc2c(sc(NC(=O)C[C@H]3CCS(=O)(=O)C3)c2C(N)=O)C1. The summed E-state index contributed by atoms with van der Waals surface area (Å²) < 4.78 is 23.0. The maximum absolute atomic E-state index is 12.3. The first kappa shape index (κ1) is 17.4. The summed E-state index contributed by atoms with van der Waals surface area (Å²) in [6, 6.07) is 0. The van der Waals surface area contributed by atoms with Crippen LogP contribution in [0.15, 0.2) is 0 Å². The van der Waals surface area contributed by atoms with Gasteiger partial charge in [-0.25, -0.2) is 8.42 Å². The molecule has 0 spiro atoms. The molecule has 24 heavy (non-hydrogen) atoms. The minimum absolute atomic E-state index is 0.0710. The molecule has 0 aromatic carbocycles. The third kappa shape index (κ3) is 3.64. The molecular weight excluding hydrogens is 348 g/mol. The highest BCUT2D eigenvalue weighted by molar-refractivity contribution is 7.91. The Morgan fingerprint density at radius 3 is 2.71 bits per heavy atom. The van der Waals surface area contributed by atoms with Crippen LogP contribution in [0.3, 0.4) is 0 Å². The number of sulfone groups is 1. The van der Waals surface area contributed by atoms with Gasteiger partial charge < -0.3 is 11.1 Å². The van der Waals surface area contributed by atoms with Gasteiger partial charge >= 0.3 is 0 Å². The summed E-state index contributed by atoms with van der Waals surface area (Å²) in [7, 11) is -3.00. The monoisotopic (exact) mass is 370 g/mol. The fraction of sp³-hybridized carbons (Fsp3) is 0.625. The van der Waals surface area contributed by atoms with Crippen LogP contribution in [-0.2, 0) is 27.5 Å². The van der Waals surface area contributed by atoms with Crippen molar-refractivity contribution in [1.82, 2.24) is 0 Å². The van der Waals surface area contributed by atoms with Crippen molar-refractivity contribution in [3.63, 3.8) is 0 Å². The third-order valence-corrected chi connectivity index (χ3v) is 7.82. The number of carbonyl (C=O) groups is 2. The van der Waals surface area contributed by atoms with Crippen LogP contribution in [0.4, 0.5) is 5.00 Å². The summed E-state index contributed by atoms with van der Waals surface area (Å²) >= 11 is 1.43. The first-order valence-corrected chi connectivity index (χ1v) is 10.8. The second kappa shape index (κ2) is 6.48. The van der Waals surface area contributed by atoms with Crippen molar-refractivity contribution in [2.24, 2.45) is 17.6 Å². The summed E-state index contributed by atoms with van der Waals surface area (Å²) in [6.45, 7) is 2.17. The van der Waals surface area contributed by atoms with Gasteiger partial charge in [0, 0.05) is 11.3 Å². The summed E-state index contributed by atoms with van der Waals surface area (Å²) in [5.41, 5.74) is 6.95. The van der Waals surface area contributed by atoms with Crippen molar-refractivity contribution >= 4 is 38.0 Å². The van der Waals surface area contributed by atoms with Gasteiger partial charge in [0.1, 0.15) is 5.00 Å². The van der Waals surface area contributed by atoms with Crippen LogP contribution in [0.25, 0.3) is 0 Å². The van der Waals surface area contributed by atoms with Gasteiger partial charge in [-0.05, 0) is 43.1 Å². The Kier molecular flexibility index (Phi) is 4.70. The molecule has 0 saturated carbocycles. The average Bonchev–Trinajstić information content (AvgIpc) is 2.97. The minimum Gasteiger partial charge on any atom is -0.365 e.